The zero-order valence-corrected chi connectivity index (χ0v) is 17.4. The molecule has 1 amide bonds. The van der Waals surface area contributed by atoms with Gasteiger partial charge in [-0.3, -0.25) is 14.2 Å². The van der Waals surface area contributed by atoms with E-state index in [4.69, 9.17) is 9.15 Å². The molecule has 4 aromatic rings. The summed E-state index contributed by atoms with van der Waals surface area (Å²) in [6.45, 7) is 1.85. The second-order valence-corrected chi connectivity index (χ2v) is 7.19. The molecule has 7 nitrogen and oxygen atoms in total. The fraction of sp³-hybridized carbons (Fsp3) is 0.208. The van der Waals surface area contributed by atoms with E-state index in [1.165, 1.54) is 0 Å². The maximum atomic E-state index is 13.3. The van der Waals surface area contributed by atoms with Crippen molar-refractivity contribution >= 4 is 16.9 Å². The first-order valence-electron chi connectivity index (χ1n) is 10.0. The number of methoxy groups -OCH3 is 1. The summed E-state index contributed by atoms with van der Waals surface area (Å²) in [5.41, 5.74) is 2.21. The minimum absolute atomic E-state index is 0.147. The van der Waals surface area contributed by atoms with E-state index in [-0.39, 0.29) is 30.3 Å². The monoisotopic (exact) mass is 417 g/mol. The average molecular weight is 417 g/mol. The number of carbonyl (C=O) groups excluding carboxylic acids is 1. The van der Waals surface area contributed by atoms with Crippen LogP contribution >= 0.6 is 0 Å². The van der Waals surface area contributed by atoms with Crippen molar-refractivity contribution in [1.29, 1.82) is 0 Å². The van der Waals surface area contributed by atoms with Crippen LogP contribution in [0.4, 0.5) is 0 Å². The van der Waals surface area contributed by atoms with Gasteiger partial charge in [-0.15, -0.1) is 0 Å². The molecule has 0 saturated carbocycles. The van der Waals surface area contributed by atoms with Crippen molar-refractivity contribution in [2.24, 2.45) is 0 Å². The predicted molar refractivity (Wildman–Crippen MR) is 117 cm³/mol. The van der Waals surface area contributed by atoms with Gasteiger partial charge < -0.3 is 14.5 Å². The largest absolute Gasteiger partial charge is 0.497 e. The van der Waals surface area contributed by atoms with Crippen molar-refractivity contribution in [1.82, 2.24) is 14.9 Å². The minimum Gasteiger partial charge on any atom is -0.497 e. The first-order chi connectivity index (χ1) is 15.1. The lowest BCUT2D eigenvalue weighted by Crippen LogP contribution is -2.29. The summed E-state index contributed by atoms with van der Waals surface area (Å²) < 4.78 is 12.2. The van der Waals surface area contributed by atoms with Crippen LogP contribution in [0.3, 0.4) is 0 Å². The van der Waals surface area contributed by atoms with E-state index in [9.17, 15) is 9.59 Å². The molecule has 0 bridgehead atoms. The quantitative estimate of drug-likeness (QED) is 0.494. The van der Waals surface area contributed by atoms with E-state index in [2.05, 4.69) is 10.3 Å². The zero-order chi connectivity index (χ0) is 21.8. The highest BCUT2D eigenvalue weighted by Crippen LogP contribution is 2.19. The Hall–Kier alpha value is -3.87. The average Bonchev–Trinajstić information content (AvgIpc) is 3.33. The van der Waals surface area contributed by atoms with E-state index in [0.717, 1.165) is 0 Å². The summed E-state index contributed by atoms with van der Waals surface area (Å²) in [5, 5.41) is 2.88. The molecule has 1 atom stereocenters. The number of hydrogen-bond donors (Lipinski definition) is 1. The molecule has 4 rings (SSSR count). The third kappa shape index (κ3) is 4.35. The van der Waals surface area contributed by atoms with E-state index >= 15 is 0 Å². The SMILES string of the molecule is COc1ccc(-n2c(=O)c(CCC(=O)N[C@H](C)c3ccco3)nc3ccccc32)cc1. The number of furan rings is 1. The summed E-state index contributed by atoms with van der Waals surface area (Å²) in [6.07, 6.45) is 1.95. The lowest BCUT2D eigenvalue weighted by atomic mass is 10.2. The molecule has 2 aromatic heterocycles. The first-order valence-corrected chi connectivity index (χ1v) is 10.0. The maximum absolute atomic E-state index is 13.3. The van der Waals surface area contributed by atoms with E-state index in [1.807, 2.05) is 49.4 Å². The predicted octanol–water partition coefficient (Wildman–Crippen LogP) is 3.80. The van der Waals surface area contributed by atoms with Crippen molar-refractivity contribution < 1.29 is 13.9 Å². The Morgan fingerprint density at radius 2 is 1.90 bits per heavy atom. The number of benzene rings is 2. The number of amides is 1. The molecule has 0 aliphatic heterocycles. The van der Waals surface area contributed by atoms with Crippen LogP contribution in [0.5, 0.6) is 5.75 Å². The number of para-hydroxylation sites is 2. The molecule has 31 heavy (non-hydrogen) atoms. The third-order valence-corrected chi connectivity index (χ3v) is 5.09. The smallest absolute Gasteiger partial charge is 0.277 e. The number of nitrogens with zero attached hydrogens (tertiary/aromatic N) is 2. The van der Waals surface area contributed by atoms with Crippen molar-refractivity contribution in [3.63, 3.8) is 0 Å². The highest BCUT2D eigenvalue weighted by Gasteiger charge is 2.16. The number of ether oxygens (including phenoxy) is 1. The zero-order valence-electron chi connectivity index (χ0n) is 17.4. The van der Waals surface area contributed by atoms with Crippen molar-refractivity contribution in [3.05, 3.63) is 88.7 Å². The summed E-state index contributed by atoms with van der Waals surface area (Å²) in [4.78, 5) is 30.2. The van der Waals surface area contributed by atoms with Gasteiger partial charge in [-0.05, 0) is 55.5 Å². The number of nitrogens with one attached hydrogen (secondary N) is 1. The lowest BCUT2D eigenvalue weighted by molar-refractivity contribution is -0.121. The Labute approximate surface area is 179 Å². The van der Waals surface area contributed by atoms with Gasteiger partial charge in [-0.1, -0.05) is 12.1 Å². The minimum atomic E-state index is -0.247. The Bertz CT molecular complexity index is 1240. The highest BCUT2D eigenvalue weighted by atomic mass is 16.5. The molecule has 0 radical (unpaired) electrons. The maximum Gasteiger partial charge on any atom is 0.277 e. The van der Waals surface area contributed by atoms with Crippen LogP contribution in [0, 0.1) is 0 Å². The standard InChI is InChI=1S/C24H23N3O4/c1-16(22-8-5-15-31-22)25-23(28)14-13-20-24(29)27(17-9-11-18(30-2)12-10-17)21-7-4-3-6-19(21)26-20/h3-12,15-16H,13-14H2,1-2H3,(H,25,28)/t16-/m1/s1. The van der Waals surface area contributed by atoms with Crippen LogP contribution in [0.1, 0.15) is 30.8 Å². The number of fused-ring (bicyclic) bond motifs is 1. The van der Waals surface area contributed by atoms with E-state index < -0.39 is 0 Å². The molecule has 0 fully saturated rings. The number of carbonyl (C=O) groups is 1. The van der Waals surface area contributed by atoms with E-state index in [0.29, 0.717) is 33.9 Å². The number of aryl methyl sites for hydroxylation is 1. The van der Waals surface area contributed by atoms with Gasteiger partial charge in [-0.25, -0.2) is 4.98 Å². The highest BCUT2D eigenvalue weighted by molar-refractivity contribution is 5.78. The lowest BCUT2D eigenvalue weighted by Gasteiger charge is -2.14. The van der Waals surface area contributed by atoms with E-state index in [1.54, 1.807) is 36.1 Å². The Balaban J connectivity index is 1.61. The fourth-order valence-corrected chi connectivity index (χ4v) is 3.48. The van der Waals surface area contributed by atoms with Crippen LogP contribution in [0.25, 0.3) is 16.7 Å². The van der Waals surface area contributed by atoms with Crippen LogP contribution in [-0.4, -0.2) is 22.6 Å². The summed E-state index contributed by atoms with van der Waals surface area (Å²) in [5.74, 6) is 1.21. The van der Waals surface area contributed by atoms with Gasteiger partial charge in [0.25, 0.3) is 5.56 Å². The summed E-state index contributed by atoms with van der Waals surface area (Å²) in [7, 11) is 1.60. The van der Waals surface area contributed by atoms with Crippen LogP contribution in [0.2, 0.25) is 0 Å². The van der Waals surface area contributed by atoms with Crippen molar-refractivity contribution in [3.8, 4) is 11.4 Å². The molecule has 0 saturated heterocycles. The first kappa shape index (κ1) is 20.4. The number of rotatable bonds is 7. The Morgan fingerprint density at radius 1 is 1.13 bits per heavy atom. The molecule has 1 N–H and O–H groups in total. The van der Waals surface area contributed by atoms with Crippen LogP contribution in [0.15, 0.2) is 76.1 Å². The van der Waals surface area contributed by atoms with Gasteiger partial charge in [0.2, 0.25) is 5.91 Å². The van der Waals surface area contributed by atoms with Gasteiger partial charge >= 0.3 is 0 Å². The Morgan fingerprint density at radius 3 is 2.61 bits per heavy atom. The second kappa shape index (κ2) is 8.87. The normalized spacial score (nSPS) is 11.9. The van der Waals surface area contributed by atoms with Gasteiger partial charge in [0.05, 0.1) is 30.4 Å². The molecule has 0 aliphatic rings. The number of hydrogen-bond acceptors (Lipinski definition) is 5. The third-order valence-electron chi connectivity index (χ3n) is 5.09. The van der Waals surface area contributed by atoms with Gasteiger partial charge in [0.15, 0.2) is 0 Å². The fourth-order valence-electron chi connectivity index (χ4n) is 3.48. The molecule has 0 aliphatic carbocycles. The van der Waals surface area contributed by atoms with Gasteiger partial charge in [0, 0.05) is 18.5 Å². The molecule has 2 aromatic carbocycles. The molecular formula is C24H23N3O4. The Kier molecular flexibility index (Phi) is 5.84. The van der Waals surface area contributed by atoms with Crippen LogP contribution < -0.4 is 15.6 Å². The molecular weight excluding hydrogens is 394 g/mol. The number of aromatic nitrogens is 2. The topological polar surface area (TPSA) is 86.4 Å². The molecule has 0 unspecified atom stereocenters. The van der Waals surface area contributed by atoms with Gasteiger partial charge in [0.1, 0.15) is 17.2 Å². The molecule has 0 spiro atoms. The summed E-state index contributed by atoms with van der Waals surface area (Å²) in [6, 6.07) is 18.1. The van der Waals surface area contributed by atoms with Crippen LogP contribution in [-0.2, 0) is 11.2 Å². The molecule has 2 heterocycles. The summed E-state index contributed by atoms with van der Waals surface area (Å²) >= 11 is 0. The van der Waals surface area contributed by atoms with Crippen molar-refractivity contribution in [2.75, 3.05) is 7.11 Å². The molecule has 7 heteroatoms. The second-order valence-electron chi connectivity index (χ2n) is 7.19. The molecule has 158 valence electrons. The van der Waals surface area contributed by atoms with Gasteiger partial charge in [-0.2, -0.15) is 0 Å². The van der Waals surface area contributed by atoms with Crippen molar-refractivity contribution in [2.45, 2.75) is 25.8 Å².